The van der Waals surface area contributed by atoms with Gasteiger partial charge in [-0.1, -0.05) is 0 Å². The van der Waals surface area contributed by atoms with Crippen molar-refractivity contribution < 1.29 is 9.13 Å². The molecule has 0 aromatic rings. The molecule has 0 bridgehead atoms. The van der Waals surface area contributed by atoms with Gasteiger partial charge in [0, 0.05) is 13.1 Å². The molecule has 0 aromatic carbocycles. The van der Waals surface area contributed by atoms with Crippen molar-refractivity contribution in [2.75, 3.05) is 20.1 Å². The molecular weight excluding hydrogens is 145 g/mol. The first kappa shape index (κ1) is 8.94. The summed E-state index contributed by atoms with van der Waals surface area (Å²) < 4.78 is 18.4. The molecule has 0 spiro atoms. The van der Waals surface area contributed by atoms with Gasteiger partial charge in [-0.05, 0) is 20.9 Å². The molecule has 0 aliphatic carbocycles. The fourth-order valence-corrected chi connectivity index (χ4v) is 1.39. The zero-order chi connectivity index (χ0) is 8.43. The van der Waals surface area contributed by atoms with Crippen LogP contribution in [0.25, 0.3) is 0 Å². The minimum absolute atomic E-state index is 0.129. The second kappa shape index (κ2) is 3.50. The number of hydrogen-bond acceptors (Lipinski definition) is 2. The van der Waals surface area contributed by atoms with Crippen LogP contribution < -0.4 is 0 Å². The first-order chi connectivity index (χ1) is 5.09. The van der Waals surface area contributed by atoms with E-state index in [9.17, 15) is 4.39 Å². The third kappa shape index (κ3) is 2.42. The molecule has 1 unspecified atom stereocenters. The molecule has 2 atom stereocenters. The molecule has 0 aromatic heterocycles. The molecule has 1 rings (SSSR count). The van der Waals surface area contributed by atoms with E-state index in [0.717, 1.165) is 6.54 Å². The molecule has 1 saturated heterocycles. The number of alkyl halides is 1. The lowest BCUT2D eigenvalue weighted by Gasteiger charge is -2.16. The maximum Gasteiger partial charge on any atom is 0.140 e. The monoisotopic (exact) mass is 161 g/mol. The predicted octanol–water partition coefficient (Wildman–Crippen LogP) is 1.06. The molecule has 0 radical (unpaired) electrons. The van der Waals surface area contributed by atoms with Crippen molar-refractivity contribution in [1.82, 2.24) is 4.90 Å². The summed E-state index contributed by atoms with van der Waals surface area (Å²) in [6.07, 6.45) is -0.882. The third-order valence-corrected chi connectivity index (χ3v) is 1.83. The average Bonchev–Trinajstić information content (AvgIpc) is 2.09. The maximum absolute atomic E-state index is 13.0. The Balaban J connectivity index is 2.34. The highest BCUT2D eigenvalue weighted by molar-refractivity contribution is 4.83. The smallest absolute Gasteiger partial charge is 0.140 e. The van der Waals surface area contributed by atoms with Gasteiger partial charge in [0.2, 0.25) is 0 Å². The molecule has 1 aliphatic rings. The van der Waals surface area contributed by atoms with Gasteiger partial charge < -0.3 is 9.64 Å². The molecule has 1 aliphatic heterocycles. The summed E-state index contributed by atoms with van der Waals surface area (Å²) in [4.78, 5) is 1.96. The van der Waals surface area contributed by atoms with Gasteiger partial charge in [-0.25, -0.2) is 4.39 Å². The Morgan fingerprint density at radius 1 is 1.45 bits per heavy atom. The lowest BCUT2D eigenvalue weighted by atomic mass is 10.3. The van der Waals surface area contributed by atoms with Crippen molar-refractivity contribution >= 4 is 0 Å². The van der Waals surface area contributed by atoms with Gasteiger partial charge in [0.15, 0.2) is 0 Å². The van der Waals surface area contributed by atoms with Crippen molar-refractivity contribution in [3.05, 3.63) is 0 Å². The zero-order valence-corrected chi connectivity index (χ0v) is 7.38. The highest BCUT2D eigenvalue weighted by Crippen LogP contribution is 2.16. The third-order valence-electron chi connectivity index (χ3n) is 1.83. The van der Waals surface area contributed by atoms with E-state index in [0.29, 0.717) is 6.54 Å². The van der Waals surface area contributed by atoms with Crippen LogP contribution in [0.15, 0.2) is 0 Å². The summed E-state index contributed by atoms with van der Waals surface area (Å²) in [6.45, 7) is 5.10. The molecular formula is C8H16FNO. The Morgan fingerprint density at radius 2 is 2.09 bits per heavy atom. The lowest BCUT2D eigenvalue weighted by molar-refractivity contribution is -0.0153. The van der Waals surface area contributed by atoms with Gasteiger partial charge in [0.1, 0.15) is 12.3 Å². The Kier molecular flexibility index (Phi) is 2.84. The van der Waals surface area contributed by atoms with Gasteiger partial charge in [-0.2, -0.15) is 0 Å². The van der Waals surface area contributed by atoms with Gasteiger partial charge >= 0.3 is 0 Å². The van der Waals surface area contributed by atoms with Gasteiger partial charge in [0.05, 0.1) is 6.10 Å². The number of rotatable bonds is 2. The number of nitrogens with zero attached hydrogens (tertiary/aromatic N) is 1. The molecule has 1 heterocycles. The molecule has 3 heteroatoms. The van der Waals surface area contributed by atoms with E-state index in [1.165, 1.54) is 0 Å². The molecule has 0 amide bonds. The largest absolute Gasteiger partial charge is 0.371 e. The number of likely N-dealkylation sites (N-methyl/N-ethyl adjacent to an activating group) is 1. The summed E-state index contributed by atoms with van der Waals surface area (Å²) in [5, 5.41) is 0. The Hall–Kier alpha value is -0.150. The second-order valence-corrected chi connectivity index (χ2v) is 3.46. The quantitative estimate of drug-likeness (QED) is 0.600. The van der Waals surface area contributed by atoms with Crippen LogP contribution in [0.5, 0.6) is 0 Å². The lowest BCUT2D eigenvalue weighted by Crippen LogP contribution is -2.26. The number of halogens is 1. The number of hydrogen-bond donors (Lipinski definition) is 0. The van der Waals surface area contributed by atoms with Crippen molar-refractivity contribution in [3.8, 4) is 0 Å². The summed E-state index contributed by atoms with van der Waals surface area (Å²) in [6, 6.07) is 0. The normalized spacial score (nSPS) is 33.5. The van der Waals surface area contributed by atoms with Crippen molar-refractivity contribution in [1.29, 1.82) is 0 Å². The van der Waals surface area contributed by atoms with Crippen LogP contribution in [-0.2, 0) is 4.74 Å². The van der Waals surface area contributed by atoms with Crippen molar-refractivity contribution in [3.63, 3.8) is 0 Å². The van der Waals surface area contributed by atoms with Gasteiger partial charge in [-0.15, -0.1) is 0 Å². The van der Waals surface area contributed by atoms with Crippen LogP contribution in [0.4, 0.5) is 4.39 Å². The predicted molar refractivity (Wildman–Crippen MR) is 42.4 cm³/mol. The van der Waals surface area contributed by atoms with E-state index in [1.54, 1.807) is 0 Å². The molecule has 0 saturated carbocycles. The highest BCUT2D eigenvalue weighted by atomic mass is 19.1. The van der Waals surface area contributed by atoms with Crippen LogP contribution in [-0.4, -0.2) is 43.4 Å². The fourth-order valence-electron chi connectivity index (χ4n) is 1.39. The summed E-state index contributed by atoms with van der Waals surface area (Å²) in [5.41, 5.74) is 0. The highest BCUT2D eigenvalue weighted by Gasteiger charge is 2.31. The molecule has 2 nitrogen and oxygen atoms in total. The molecule has 1 fully saturated rings. The average molecular weight is 161 g/mol. The van der Waals surface area contributed by atoms with Crippen LogP contribution in [0.2, 0.25) is 0 Å². The van der Waals surface area contributed by atoms with Gasteiger partial charge in [0.25, 0.3) is 0 Å². The van der Waals surface area contributed by atoms with Crippen molar-refractivity contribution in [2.24, 2.45) is 0 Å². The van der Waals surface area contributed by atoms with E-state index in [2.05, 4.69) is 0 Å². The summed E-state index contributed by atoms with van der Waals surface area (Å²) >= 11 is 0. The van der Waals surface area contributed by atoms with Crippen LogP contribution in [0.1, 0.15) is 13.8 Å². The number of likely N-dealkylation sites (tertiary alicyclic amines) is 1. The summed E-state index contributed by atoms with van der Waals surface area (Å²) in [5.74, 6) is 0. The topological polar surface area (TPSA) is 12.5 Å². The zero-order valence-electron chi connectivity index (χ0n) is 7.38. The Labute approximate surface area is 67.3 Å². The van der Waals surface area contributed by atoms with E-state index >= 15 is 0 Å². The molecule has 11 heavy (non-hydrogen) atoms. The van der Waals surface area contributed by atoms with Crippen LogP contribution >= 0.6 is 0 Å². The first-order valence-corrected chi connectivity index (χ1v) is 4.07. The van der Waals surface area contributed by atoms with Gasteiger partial charge in [-0.3, -0.25) is 0 Å². The van der Waals surface area contributed by atoms with Crippen LogP contribution in [0.3, 0.4) is 0 Å². The van der Waals surface area contributed by atoms with Crippen molar-refractivity contribution in [2.45, 2.75) is 32.2 Å². The second-order valence-electron chi connectivity index (χ2n) is 3.46. The minimum Gasteiger partial charge on any atom is -0.371 e. The van der Waals surface area contributed by atoms with E-state index in [4.69, 9.17) is 4.74 Å². The Morgan fingerprint density at radius 3 is 2.45 bits per heavy atom. The minimum atomic E-state index is -0.803. The van der Waals surface area contributed by atoms with E-state index in [1.807, 2.05) is 25.8 Å². The summed E-state index contributed by atoms with van der Waals surface area (Å²) in [7, 11) is 1.91. The van der Waals surface area contributed by atoms with E-state index < -0.39 is 6.17 Å². The molecule has 0 N–H and O–H groups in total. The standard InChI is InChI=1S/C8H16FNO/c1-6(2)11-8-5-10(3)4-7(8)9/h6-8H,4-5H2,1-3H3/t7-,8?/m1/s1. The SMILES string of the molecule is CC(C)OC1CN(C)C[C@H]1F. The molecule has 66 valence electrons. The maximum atomic E-state index is 13.0. The first-order valence-electron chi connectivity index (χ1n) is 4.07. The fraction of sp³-hybridized carbons (Fsp3) is 1.00. The van der Waals surface area contributed by atoms with Crippen LogP contribution in [0, 0.1) is 0 Å². The van der Waals surface area contributed by atoms with E-state index in [-0.39, 0.29) is 12.2 Å². The Bertz CT molecular complexity index is 129. The number of ether oxygens (including phenoxy) is 1.